The highest BCUT2D eigenvalue weighted by atomic mass is 32.2. The summed E-state index contributed by atoms with van der Waals surface area (Å²) in [6.07, 6.45) is 3.26. The van der Waals surface area contributed by atoms with Crippen molar-refractivity contribution in [2.24, 2.45) is 0 Å². The first-order valence-electron chi connectivity index (χ1n) is 6.33. The highest BCUT2D eigenvalue weighted by Gasteiger charge is 2.28. The maximum atomic E-state index is 11.8. The fourth-order valence-corrected chi connectivity index (χ4v) is 3.04. The molecule has 0 spiro atoms. The maximum Gasteiger partial charge on any atom is 0.217 e. The molecule has 1 atom stereocenters. The summed E-state index contributed by atoms with van der Waals surface area (Å²) >= 11 is 0. The lowest BCUT2D eigenvalue weighted by atomic mass is 10.3. The van der Waals surface area contributed by atoms with Gasteiger partial charge in [0.1, 0.15) is 10.7 Å². The molecule has 0 saturated carbocycles. The molecular weight excluding hydrogens is 280 g/mol. The zero-order valence-corrected chi connectivity index (χ0v) is 12.6. The summed E-state index contributed by atoms with van der Waals surface area (Å²) in [4.78, 5) is 21.3. The van der Waals surface area contributed by atoms with E-state index in [0.717, 1.165) is 12.7 Å². The number of hydrogen-bond acceptors (Lipinski definition) is 6. The van der Waals surface area contributed by atoms with Gasteiger partial charge in [0.2, 0.25) is 5.91 Å². The maximum absolute atomic E-state index is 11.8. The normalized spacial score (nSPS) is 19.1. The van der Waals surface area contributed by atoms with Crippen molar-refractivity contribution in [3.63, 3.8) is 0 Å². The van der Waals surface area contributed by atoms with Crippen LogP contribution in [-0.4, -0.2) is 49.7 Å². The van der Waals surface area contributed by atoms with Gasteiger partial charge in [0.05, 0.1) is 6.20 Å². The topological polar surface area (TPSA) is 92.3 Å². The van der Waals surface area contributed by atoms with Crippen LogP contribution in [0.2, 0.25) is 0 Å². The number of aromatic nitrogens is 2. The smallest absolute Gasteiger partial charge is 0.217 e. The molecule has 7 nitrogen and oxygen atoms in total. The molecule has 1 aliphatic rings. The van der Waals surface area contributed by atoms with Gasteiger partial charge in [-0.2, -0.15) is 0 Å². The first-order chi connectivity index (χ1) is 9.27. The fourth-order valence-electron chi connectivity index (χ4n) is 2.29. The lowest BCUT2D eigenvalue weighted by Gasteiger charge is -2.20. The zero-order chi connectivity index (χ0) is 14.9. The molecule has 1 aliphatic heterocycles. The largest absolute Gasteiger partial charge is 0.353 e. The third-order valence-corrected chi connectivity index (χ3v) is 4.24. The minimum Gasteiger partial charge on any atom is -0.353 e. The molecule has 1 aromatic rings. The van der Waals surface area contributed by atoms with Gasteiger partial charge in [0.15, 0.2) is 15.7 Å². The number of rotatable bonds is 3. The number of nitrogens with zero attached hydrogens (tertiary/aromatic N) is 3. The number of carbonyl (C=O) groups is 1. The van der Waals surface area contributed by atoms with Crippen LogP contribution in [0.5, 0.6) is 0 Å². The molecule has 110 valence electrons. The molecule has 2 heterocycles. The number of nitrogens with one attached hydrogen (secondary N) is 1. The number of anilines is 1. The van der Waals surface area contributed by atoms with Crippen molar-refractivity contribution in [2.75, 3.05) is 24.2 Å². The Morgan fingerprint density at radius 3 is 2.80 bits per heavy atom. The second-order valence-corrected chi connectivity index (χ2v) is 6.99. The van der Waals surface area contributed by atoms with E-state index in [0.29, 0.717) is 24.7 Å². The van der Waals surface area contributed by atoms with E-state index in [9.17, 15) is 13.2 Å². The molecule has 0 aliphatic carbocycles. The van der Waals surface area contributed by atoms with Crippen LogP contribution in [0.4, 0.5) is 5.82 Å². The zero-order valence-electron chi connectivity index (χ0n) is 11.8. The molecule has 1 N–H and O–H groups in total. The monoisotopic (exact) mass is 298 g/mol. The van der Waals surface area contributed by atoms with Crippen LogP contribution in [0.15, 0.2) is 11.1 Å². The van der Waals surface area contributed by atoms with Gasteiger partial charge >= 0.3 is 0 Å². The SMILES string of the molecule is CC(=O)N[C@H]1CCN(c2nc(C)ncc2S(C)(=O)=O)C1. The van der Waals surface area contributed by atoms with E-state index in [1.807, 2.05) is 4.90 Å². The summed E-state index contributed by atoms with van der Waals surface area (Å²) < 4.78 is 23.6. The van der Waals surface area contributed by atoms with Gasteiger partial charge in [-0.3, -0.25) is 4.79 Å². The van der Waals surface area contributed by atoms with Gasteiger partial charge in [-0.25, -0.2) is 18.4 Å². The Balaban J connectivity index is 2.30. The second kappa shape index (κ2) is 5.35. The molecule has 1 amide bonds. The molecule has 1 fully saturated rings. The molecule has 0 radical (unpaired) electrons. The molecule has 0 unspecified atom stereocenters. The molecule has 1 saturated heterocycles. The van der Waals surface area contributed by atoms with Crippen LogP contribution in [-0.2, 0) is 14.6 Å². The van der Waals surface area contributed by atoms with Gasteiger partial charge in [-0.15, -0.1) is 0 Å². The van der Waals surface area contributed by atoms with Gasteiger partial charge in [-0.05, 0) is 13.3 Å². The third-order valence-electron chi connectivity index (χ3n) is 3.15. The summed E-state index contributed by atoms with van der Waals surface area (Å²) in [6, 6.07) is 0.0233. The lowest BCUT2D eigenvalue weighted by Crippen LogP contribution is -2.36. The van der Waals surface area contributed by atoms with Crippen molar-refractivity contribution in [3.05, 3.63) is 12.0 Å². The molecule has 1 aromatic heterocycles. The first-order valence-corrected chi connectivity index (χ1v) is 8.22. The molecule has 8 heteroatoms. The minimum absolute atomic E-state index is 0.0233. The number of carbonyl (C=O) groups excluding carboxylic acids is 1. The minimum atomic E-state index is -3.38. The summed E-state index contributed by atoms with van der Waals surface area (Å²) in [7, 11) is -3.38. The Hall–Kier alpha value is -1.70. The van der Waals surface area contributed by atoms with E-state index in [-0.39, 0.29) is 16.8 Å². The Morgan fingerprint density at radius 1 is 1.50 bits per heavy atom. The second-order valence-electron chi connectivity index (χ2n) is 5.01. The van der Waals surface area contributed by atoms with Crippen molar-refractivity contribution in [1.82, 2.24) is 15.3 Å². The predicted molar refractivity (Wildman–Crippen MR) is 74.3 cm³/mol. The van der Waals surface area contributed by atoms with Crippen LogP contribution in [0.25, 0.3) is 0 Å². The Bertz CT molecular complexity index is 630. The van der Waals surface area contributed by atoms with Crippen LogP contribution < -0.4 is 10.2 Å². The Morgan fingerprint density at radius 2 is 2.20 bits per heavy atom. The van der Waals surface area contributed by atoms with Crippen molar-refractivity contribution in [1.29, 1.82) is 0 Å². The van der Waals surface area contributed by atoms with E-state index in [1.165, 1.54) is 13.1 Å². The number of sulfone groups is 1. The lowest BCUT2D eigenvalue weighted by molar-refractivity contribution is -0.119. The van der Waals surface area contributed by atoms with E-state index in [4.69, 9.17) is 0 Å². The average Bonchev–Trinajstić information content (AvgIpc) is 2.74. The van der Waals surface area contributed by atoms with Crippen molar-refractivity contribution in [2.45, 2.75) is 31.2 Å². The standard InChI is InChI=1S/C12H18N4O3S/c1-8-13-6-11(20(3,18)19)12(14-8)16-5-4-10(7-16)15-9(2)17/h6,10H,4-5,7H2,1-3H3,(H,15,17)/t10-/m0/s1. The van der Waals surface area contributed by atoms with Crippen LogP contribution in [0, 0.1) is 6.92 Å². The van der Waals surface area contributed by atoms with Gasteiger partial charge < -0.3 is 10.2 Å². The Kier molecular flexibility index (Phi) is 3.94. The first kappa shape index (κ1) is 14.7. The summed E-state index contributed by atoms with van der Waals surface area (Å²) in [5.74, 6) is 0.863. The van der Waals surface area contributed by atoms with Gasteiger partial charge in [0, 0.05) is 32.3 Å². The summed E-state index contributed by atoms with van der Waals surface area (Å²) in [5, 5.41) is 2.84. The Labute approximate surface area is 118 Å². The summed E-state index contributed by atoms with van der Waals surface area (Å²) in [5.41, 5.74) is 0. The third kappa shape index (κ3) is 3.24. The molecular formula is C12H18N4O3S. The van der Waals surface area contributed by atoms with Crippen LogP contribution in [0.3, 0.4) is 0 Å². The van der Waals surface area contributed by atoms with Crippen molar-refractivity contribution < 1.29 is 13.2 Å². The molecule has 0 bridgehead atoms. The number of hydrogen-bond donors (Lipinski definition) is 1. The quantitative estimate of drug-likeness (QED) is 0.838. The van der Waals surface area contributed by atoms with E-state index < -0.39 is 9.84 Å². The van der Waals surface area contributed by atoms with Crippen LogP contribution in [0.1, 0.15) is 19.2 Å². The molecule has 0 aromatic carbocycles. The predicted octanol–water partition coefficient (Wildman–Crippen LogP) is -0.0967. The van der Waals surface area contributed by atoms with Gasteiger partial charge in [-0.1, -0.05) is 0 Å². The van der Waals surface area contributed by atoms with Crippen LogP contribution >= 0.6 is 0 Å². The van der Waals surface area contributed by atoms with E-state index in [2.05, 4.69) is 15.3 Å². The molecule has 20 heavy (non-hydrogen) atoms. The highest BCUT2D eigenvalue weighted by Crippen LogP contribution is 2.25. The number of aryl methyl sites for hydroxylation is 1. The van der Waals surface area contributed by atoms with E-state index >= 15 is 0 Å². The average molecular weight is 298 g/mol. The van der Waals surface area contributed by atoms with Gasteiger partial charge in [0.25, 0.3) is 0 Å². The fraction of sp³-hybridized carbons (Fsp3) is 0.583. The van der Waals surface area contributed by atoms with E-state index in [1.54, 1.807) is 6.92 Å². The van der Waals surface area contributed by atoms with Crippen molar-refractivity contribution in [3.8, 4) is 0 Å². The molecule has 2 rings (SSSR count). The van der Waals surface area contributed by atoms with Crippen molar-refractivity contribution >= 4 is 21.6 Å². The number of amides is 1. The summed E-state index contributed by atoms with van der Waals surface area (Å²) in [6.45, 7) is 4.40. The highest BCUT2D eigenvalue weighted by molar-refractivity contribution is 7.90.